The maximum atomic E-state index is 12.4. The van der Waals surface area contributed by atoms with Crippen LogP contribution in [0.2, 0.25) is 5.02 Å². The largest absolute Gasteiger partial charge is 0.496 e. The highest BCUT2D eigenvalue weighted by molar-refractivity contribution is 14.1. The summed E-state index contributed by atoms with van der Waals surface area (Å²) in [5.41, 5.74) is -0.102. The van der Waals surface area contributed by atoms with Crippen molar-refractivity contribution in [3.8, 4) is 5.75 Å². The van der Waals surface area contributed by atoms with Crippen LogP contribution in [0.25, 0.3) is 0 Å². The van der Waals surface area contributed by atoms with Gasteiger partial charge >= 0.3 is 0 Å². The van der Waals surface area contributed by atoms with Gasteiger partial charge in [0.25, 0.3) is 5.91 Å². The molecule has 0 radical (unpaired) electrons. The molecule has 1 aliphatic rings. The summed E-state index contributed by atoms with van der Waals surface area (Å²) in [6.45, 7) is -0.0425. The Morgan fingerprint density at radius 1 is 1.50 bits per heavy atom. The summed E-state index contributed by atoms with van der Waals surface area (Å²) in [4.78, 5) is 12.4. The van der Waals surface area contributed by atoms with E-state index in [-0.39, 0.29) is 12.5 Å². The van der Waals surface area contributed by atoms with E-state index in [0.29, 0.717) is 16.3 Å². The molecule has 0 heterocycles. The Hall–Kier alpha value is -0.530. The van der Waals surface area contributed by atoms with Crippen LogP contribution in [-0.2, 0) is 0 Å². The maximum absolute atomic E-state index is 12.4. The molecule has 1 aromatic carbocycles. The van der Waals surface area contributed by atoms with E-state index in [1.807, 2.05) is 0 Å². The lowest BCUT2D eigenvalue weighted by Crippen LogP contribution is -2.49. The number of halogens is 2. The lowest BCUT2D eigenvalue weighted by atomic mass is 9.98. The fraction of sp³-hybridized carbons (Fsp3) is 0.500. The Labute approximate surface area is 137 Å². The molecule has 6 heteroatoms. The summed E-state index contributed by atoms with van der Waals surface area (Å²) in [6.07, 6.45) is 3.64. The van der Waals surface area contributed by atoms with E-state index in [4.69, 9.17) is 16.3 Å². The number of rotatable bonds is 4. The second-order valence-corrected chi connectivity index (χ2v) is 6.64. The van der Waals surface area contributed by atoms with Crippen LogP contribution >= 0.6 is 34.2 Å². The first-order valence-corrected chi connectivity index (χ1v) is 7.93. The van der Waals surface area contributed by atoms with Crippen LogP contribution in [0.4, 0.5) is 0 Å². The minimum atomic E-state index is -0.502. The third-order valence-corrected chi connectivity index (χ3v) is 5.25. The molecule has 20 heavy (non-hydrogen) atoms. The summed E-state index contributed by atoms with van der Waals surface area (Å²) in [5.74, 6) is 0.235. The molecule has 0 saturated heterocycles. The number of hydrogen-bond acceptors (Lipinski definition) is 3. The van der Waals surface area contributed by atoms with Crippen molar-refractivity contribution in [3.05, 3.63) is 26.3 Å². The molecule has 1 saturated carbocycles. The molecule has 1 fully saturated rings. The summed E-state index contributed by atoms with van der Waals surface area (Å²) >= 11 is 8.17. The quantitative estimate of drug-likeness (QED) is 0.752. The van der Waals surface area contributed by atoms with Gasteiger partial charge in [0.2, 0.25) is 0 Å². The number of aliphatic hydroxyl groups is 1. The minimum absolute atomic E-state index is 0.0425. The Morgan fingerprint density at radius 3 is 2.70 bits per heavy atom. The molecule has 0 aromatic heterocycles. The average molecular weight is 410 g/mol. The molecule has 0 unspecified atom stereocenters. The van der Waals surface area contributed by atoms with E-state index in [0.717, 1.165) is 29.3 Å². The highest BCUT2D eigenvalue weighted by Crippen LogP contribution is 2.32. The summed E-state index contributed by atoms with van der Waals surface area (Å²) in [5, 5.41) is 13.0. The van der Waals surface area contributed by atoms with Crippen molar-refractivity contribution in [2.45, 2.75) is 31.2 Å². The van der Waals surface area contributed by atoms with Crippen molar-refractivity contribution < 1.29 is 14.6 Å². The molecule has 0 atom stereocenters. The van der Waals surface area contributed by atoms with Gasteiger partial charge in [0.15, 0.2) is 0 Å². The SMILES string of the molecule is COc1cc(I)c(Cl)cc1C(=O)NC1(CO)CCCC1. The molecule has 0 aliphatic heterocycles. The van der Waals surface area contributed by atoms with Gasteiger partial charge in [-0.15, -0.1) is 0 Å². The van der Waals surface area contributed by atoms with Crippen LogP contribution in [0.3, 0.4) is 0 Å². The van der Waals surface area contributed by atoms with Crippen molar-refractivity contribution >= 4 is 40.1 Å². The monoisotopic (exact) mass is 409 g/mol. The predicted molar refractivity (Wildman–Crippen MR) is 86.5 cm³/mol. The fourth-order valence-corrected chi connectivity index (χ4v) is 3.16. The van der Waals surface area contributed by atoms with Crippen molar-refractivity contribution in [1.82, 2.24) is 5.32 Å². The Kier molecular flexibility index (Phi) is 5.14. The Bertz CT molecular complexity index is 515. The normalized spacial score (nSPS) is 17.0. The van der Waals surface area contributed by atoms with E-state index in [1.54, 1.807) is 12.1 Å². The van der Waals surface area contributed by atoms with Gasteiger partial charge in [-0.25, -0.2) is 0 Å². The number of aliphatic hydroxyl groups excluding tert-OH is 1. The molecule has 1 aliphatic carbocycles. The van der Waals surface area contributed by atoms with Crippen molar-refractivity contribution in [2.75, 3.05) is 13.7 Å². The van der Waals surface area contributed by atoms with Gasteiger partial charge in [-0.05, 0) is 47.6 Å². The Morgan fingerprint density at radius 2 is 2.15 bits per heavy atom. The van der Waals surface area contributed by atoms with Gasteiger partial charge in [0.05, 0.1) is 29.8 Å². The number of ether oxygens (including phenoxy) is 1. The van der Waals surface area contributed by atoms with Gasteiger partial charge in [0, 0.05) is 3.57 Å². The minimum Gasteiger partial charge on any atom is -0.496 e. The van der Waals surface area contributed by atoms with Gasteiger partial charge in [-0.1, -0.05) is 24.4 Å². The smallest absolute Gasteiger partial charge is 0.255 e. The highest BCUT2D eigenvalue weighted by atomic mass is 127. The van der Waals surface area contributed by atoms with Crippen LogP contribution in [0.5, 0.6) is 5.75 Å². The number of nitrogens with one attached hydrogen (secondary N) is 1. The summed E-state index contributed by atoms with van der Waals surface area (Å²) < 4.78 is 6.08. The molecule has 0 spiro atoms. The van der Waals surface area contributed by atoms with E-state index in [9.17, 15) is 9.90 Å². The molecular formula is C14H17ClINO3. The van der Waals surface area contributed by atoms with E-state index in [2.05, 4.69) is 27.9 Å². The fourth-order valence-electron chi connectivity index (χ4n) is 2.56. The third kappa shape index (κ3) is 3.20. The number of carbonyl (C=O) groups excluding carboxylic acids is 1. The number of benzene rings is 1. The second-order valence-electron chi connectivity index (χ2n) is 5.07. The topological polar surface area (TPSA) is 58.6 Å². The van der Waals surface area contributed by atoms with E-state index in [1.165, 1.54) is 7.11 Å². The molecule has 110 valence electrons. The van der Waals surface area contributed by atoms with Gasteiger partial charge in [0.1, 0.15) is 5.75 Å². The van der Waals surface area contributed by atoms with Crippen LogP contribution in [0.15, 0.2) is 12.1 Å². The number of methoxy groups -OCH3 is 1. The number of hydrogen-bond donors (Lipinski definition) is 2. The van der Waals surface area contributed by atoms with Gasteiger partial charge < -0.3 is 15.2 Å². The van der Waals surface area contributed by atoms with Crippen molar-refractivity contribution in [3.63, 3.8) is 0 Å². The zero-order valence-corrected chi connectivity index (χ0v) is 14.1. The van der Waals surface area contributed by atoms with E-state index < -0.39 is 5.54 Å². The average Bonchev–Trinajstić information content (AvgIpc) is 2.90. The molecule has 4 nitrogen and oxygen atoms in total. The highest BCUT2D eigenvalue weighted by Gasteiger charge is 2.35. The second kappa shape index (κ2) is 6.49. The van der Waals surface area contributed by atoms with Crippen LogP contribution in [0.1, 0.15) is 36.0 Å². The zero-order chi connectivity index (χ0) is 14.8. The molecule has 2 N–H and O–H groups in total. The lowest BCUT2D eigenvalue weighted by molar-refractivity contribution is 0.0835. The van der Waals surface area contributed by atoms with Crippen molar-refractivity contribution in [1.29, 1.82) is 0 Å². The molecule has 1 aromatic rings. The number of amides is 1. The summed E-state index contributed by atoms with van der Waals surface area (Å²) in [6, 6.07) is 3.34. The first-order valence-electron chi connectivity index (χ1n) is 6.48. The van der Waals surface area contributed by atoms with Crippen molar-refractivity contribution in [2.24, 2.45) is 0 Å². The maximum Gasteiger partial charge on any atom is 0.255 e. The first kappa shape index (κ1) is 15.9. The Balaban J connectivity index is 2.27. The molecule has 2 rings (SSSR count). The third-order valence-electron chi connectivity index (χ3n) is 3.73. The van der Waals surface area contributed by atoms with Gasteiger partial charge in [-0.2, -0.15) is 0 Å². The molecule has 1 amide bonds. The standard InChI is InChI=1S/C14H17ClINO3/c1-20-12-7-11(16)10(15)6-9(12)13(19)17-14(8-18)4-2-3-5-14/h6-7,18H,2-5,8H2,1H3,(H,17,19). The lowest BCUT2D eigenvalue weighted by Gasteiger charge is -2.28. The number of carbonyl (C=O) groups is 1. The zero-order valence-electron chi connectivity index (χ0n) is 11.2. The predicted octanol–water partition coefficient (Wildman–Crippen LogP) is 2.99. The van der Waals surface area contributed by atoms with E-state index >= 15 is 0 Å². The molecule has 0 bridgehead atoms. The summed E-state index contributed by atoms with van der Waals surface area (Å²) in [7, 11) is 1.52. The van der Waals surface area contributed by atoms with Crippen LogP contribution in [-0.4, -0.2) is 30.3 Å². The van der Waals surface area contributed by atoms with Crippen LogP contribution < -0.4 is 10.1 Å². The molecular weight excluding hydrogens is 393 g/mol. The first-order chi connectivity index (χ1) is 9.51. The van der Waals surface area contributed by atoms with Crippen LogP contribution in [0, 0.1) is 3.57 Å². The van der Waals surface area contributed by atoms with Gasteiger partial charge in [-0.3, -0.25) is 4.79 Å².